The zero-order valence-electron chi connectivity index (χ0n) is 10.4. The van der Waals surface area contributed by atoms with Crippen molar-refractivity contribution >= 4 is 0 Å². The second-order valence-electron chi connectivity index (χ2n) is 5.80. The highest BCUT2D eigenvalue weighted by Crippen LogP contribution is 2.43. The molecule has 3 atom stereocenters. The fraction of sp³-hybridized carbons (Fsp3) is 0.714. The van der Waals surface area contributed by atoms with Gasteiger partial charge in [-0.05, 0) is 44.9 Å². The highest BCUT2D eigenvalue weighted by Gasteiger charge is 2.42. The van der Waals surface area contributed by atoms with Crippen molar-refractivity contribution in [3.05, 3.63) is 27.4 Å². The first-order chi connectivity index (χ1) is 8.81. The summed E-state index contributed by atoms with van der Waals surface area (Å²) < 4.78 is 5.86. The zero-order valence-corrected chi connectivity index (χ0v) is 10.4. The van der Waals surface area contributed by atoms with E-state index in [0.717, 1.165) is 55.6 Å². The average Bonchev–Trinajstić information content (AvgIpc) is 3.01. The summed E-state index contributed by atoms with van der Waals surface area (Å²) >= 11 is 0. The highest BCUT2D eigenvalue weighted by atomic mass is 16.5. The van der Waals surface area contributed by atoms with E-state index in [1.807, 2.05) is 0 Å². The van der Waals surface area contributed by atoms with Crippen LogP contribution in [0.2, 0.25) is 0 Å². The SMILES string of the molecule is O=c1[nH]c(C2CC3CCC2O3)nc2c1CCCC2. The van der Waals surface area contributed by atoms with Gasteiger partial charge in [0.2, 0.25) is 0 Å². The van der Waals surface area contributed by atoms with Crippen molar-refractivity contribution in [1.29, 1.82) is 0 Å². The molecule has 3 aliphatic rings. The molecule has 0 amide bonds. The topological polar surface area (TPSA) is 55.0 Å². The highest BCUT2D eigenvalue weighted by molar-refractivity contribution is 5.22. The van der Waals surface area contributed by atoms with Gasteiger partial charge in [-0.15, -0.1) is 0 Å². The summed E-state index contributed by atoms with van der Waals surface area (Å²) in [7, 11) is 0. The van der Waals surface area contributed by atoms with Crippen LogP contribution in [0.25, 0.3) is 0 Å². The number of aromatic nitrogens is 2. The molecule has 1 aromatic heterocycles. The second kappa shape index (κ2) is 3.92. The molecule has 4 heteroatoms. The Morgan fingerprint density at radius 2 is 2.11 bits per heavy atom. The Morgan fingerprint density at radius 3 is 2.89 bits per heavy atom. The Hall–Kier alpha value is -1.16. The van der Waals surface area contributed by atoms with E-state index in [9.17, 15) is 4.79 Å². The molecule has 2 bridgehead atoms. The quantitative estimate of drug-likeness (QED) is 0.820. The van der Waals surface area contributed by atoms with Gasteiger partial charge in [-0.2, -0.15) is 0 Å². The van der Waals surface area contributed by atoms with Gasteiger partial charge in [-0.25, -0.2) is 4.98 Å². The Bertz CT molecular complexity index is 537. The van der Waals surface area contributed by atoms with Crippen molar-refractivity contribution < 1.29 is 4.74 Å². The van der Waals surface area contributed by atoms with E-state index in [0.29, 0.717) is 18.1 Å². The molecule has 1 N–H and O–H groups in total. The van der Waals surface area contributed by atoms with E-state index >= 15 is 0 Å². The minimum absolute atomic E-state index is 0.0949. The van der Waals surface area contributed by atoms with Crippen LogP contribution in [0, 0.1) is 0 Å². The third-order valence-electron chi connectivity index (χ3n) is 4.67. The second-order valence-corrected chi connectivity index (χ2v) is 5.80. The summed E-state index contributed by atoms with van der Waals surface area (Å²) in [6, 6.07) is 0. The molecule has 0 aromatic carbocycles. The maximum absolute atomic E-state index is 12.1. The van der Waals surface area contributed by atoms with E-state index < -0.39 is 0 Å². The van der Waals surface area contributed by atoms with Gasteiger partial charge in [0, 0.05) is 11.5 Å². The molecule has 3 heterocycles. The van der Waals surface area contributed by atoms with Gasteiger partial charge in [-0.3, -0.25) is 4.79 Å². The van der Waals surface area contributed by atoms with Crippen molar-refractivity contribution in [3.63, 3.8) is 0 Å². The van der Waals surface area contributed by atoms with Crippen LogP contribution in [0.4, 0.5) is 0 Å². The molecule has 0 spiro atoms. The maximum atomic E-state index is 12.1. The molecule has 0 radical (unpaired) electrons. The van der Waals surface area contributed by atoms with Crippen molar-refractivity contribution in [2.75, 3.05) is 0 Å². The van der Waals surface area contributed by atoms with E-state index in [-0.39, 0.29) is 5.56 Å². The summed E-state index contributed by atoms with van der Waals surface area (Å²) in [6.45, 7) is 0. The summed E-state index contributed by atoms with van der Waals surface area (Å²) in [5.41, 5.74) is 2.06. The van der Waals surface area contributed by atoms with Crippen LogP contribution in [0.1, 0.15) is 55.1 Å². The monoisotopic (exact) mass is 246 g/mol. The molecule has 4 nitrogen and oxygen atoms in total. The van der Waals surface area contributed by atoms with Gasteiger partial charge in [-0.1, -0.05) is 0 Å². The normalized spacial score (nSPS) is 33.7. The summed E-state index contributed by atoms with van der Waals surface area (Å²) in [4.78, 5) is 19.9. The Balaban J connectivity index is 1.73. The smallest absolute Gasteiger partial charge is 0.254 e. The minimum atomic E-state index is 0.0949. The number of hydrogen-bond acceptors (Lipinski definition) is 3. The first kappa shape index (κ1) is 10.7. The lowest BCUT2D eigenvalue weighted by Gasteiger charge is -2.20. The number of hydrogen-bond donors (Lipinski definition) is 1. The van der Waals surface area contributed by atoms with Gasteiger partial charge < -0.3 is 9.72 Å². The van der Waals surface area contributed by atoms with Crippen molar-refractivity contribution in [3.8, 4) is 0 Å². The Kier molecular flexibility index (Phi) is 2.34. The molecule has 96 valence electrons. The summed E-state index contributed by atoms with van der Waals surface area (Å²) in [6.07, 6.45) is 8.17. The van der Waals surface area contributed by atoms with Crippen LogP contribution >= 0.6 is 0 Å². The fourth-order valence-corrected chi connectivity index (χ4v) is 3.72. The first-order valence-electron chi connectivity index (χ1n) is 7.08. The third kappa shape index (κ3) is 1.55. The number of nitrogens with one attached hydrogen (secondary N) is 1. The maximum Gasteiger partial charge on any atom is 0.254 e. The van der Waals surface area contributed by atoms with Crippen molar-refractivity contribution in [1.82, 2.24) is 9.97 Å². The van der Waals surface area contributed by atoms with E-state index in [4.69, 9.17) is 9.72 Å². The fourth-order valence-electron chi connectivity index (χ4n) is 3.72. The third-order valence-corrected chi connectivity index (χ3v) is 4.67. The molecular weight excluding hydrogens is 228 g/mol. The summed E-state index contributed by atoms with van der Waals surface area (Å²) in [5, 5.41) is 0. The van der Waals surface area contributed by atoms with Gasteiger partial charge >= 0.3 is 0 Å². The number of aryl methyl sites for hydroxylation is 1. The van der Waals surface area contributed by atoms with E-state index in [1.165, 1.54) is 6.42 Å². The zero-order chi connectivity index (χ0) is 12.1. The van der Waals surface area contributed by atoms with Crippen molar-refractivity contribution in [2.24, 2.45) is 0 Å². The molecule has 4 rings (SSSR count). The van der Waals surface area contributed by atoms with Gasteiger partial charge in [0.25, 0.3) is 5.56 Å². The lowest BCUT2D eigenvalue weighted by molar-refractivity contribution is 0.0998. The molecular formula is C14H18N2O2. The van der Waals surface area contributed by atoms with Gasteiger partial charge in [0.05, 0.1) is 17.9 Å². The number of H-pyrrole nitrogens is 1. The molecule has 0 saturated carbocycles. The van der Waals surface area contributed by atoms with E-state index in [1.54, 1.807) is 0 Å². The Labute approximate surface area is 106 Å². The lowest BCUT2D eigenvalue weighted by atomic mass is 9.88. The molecule has 2 aliphatic heterocycles. The lowest BCUT2D eigenvalue weighted by Crippen LogP contribution is -2.26. The summed E-state index contributed by atoms with van der Waals surface area (Å²) in [5.74, 6) is 1.21. The van der Waals surface area contributed by atoms with Gasteiger partial charge in [0.15, 0.2) is 0 Å². The molecule has 18 heavy (non-hydrogen) atoms. The van der Waals surface area contributed by atoms with Crippen LogP contribution in [-0.2, 0) is 17.6 Å². The number of aromatic amines is 1. The largest absolute Gasteiger partial charge is 0.374 e. The van der Waals surface area contributed by atoms with Crippen LogP contribution < -0.4 is 5.56 Å². The van der Waals surface area contributed by atoms with Gasteiger partial charge in [0.1, 0.15) is 5.82 Å². The number of rotatable bonds is 1. The minimum Gasteiger partial charge on any atom is -0.374 e. The first-order valence-corrected chi connectivity index (χ1v) is 7.08. The van der Waals surface area contributed by atoms with Crippen LogP contribution in [0.5, 0.6) is 0 Å². The standard InChI is InChI=1S/C14H18N2O2/c17-14-9-3-1-2-4-11(9)15-13(16-14)10-7-8-5-6-12(10)18-8/h8,10,12H,1-7H2,(H,15,16,17). The number of ether oxygens (including phenoxy) is 1. The molecule has 2 saturated heterocycles. The average molecular weight is 246 g/mol. The molecule has 3 unspecified atom stereocenters. The molecule has 1 aliphatic carbocycles. The molecule has 2 fully saturated rings. The predicted octanol–water partition coefficient (Wildman–Crippen LogP) is 1.68. The predicted molar refractivity (Wildman–Crippen MR) is 66.8 cm³/mol. The Morgan fingerprint density at radius 1 is 1.22 bits per heavy atom. The number of nitrogens with zero attached hydrogens (tertiary/aromatic N) is 1. The number of fused-ring (bicyclic) bond motifs is 3. The van der Waals surface area contributed by atoms with Crippen LogP contribution in [-0.4, -0.2) is 22.2 Å². The van der Waals surface area contributed by atoms with E-state index in [2.05, 4.69) is 4.98 Å². The molecule has 1 aromatic rings. The van der Waals surface area contributed by atoms with Crippen LogP contribution in [0.3, 0.4) is 0 Å². The van der Waals surface area contributed by atoms with Crippen molar-refractivity contribution in [2.45, 2.75) is 63.1 Å². The van der Waals surface area contributed by atoms with Crippen LogP contribution in [0.15, 0.2) is 4.79 Å².